The molecule has 18 heavy (non-hydrogen) atoms. The van der Waals surface area contributed by atoms with E-state index in [1.54, 1.807) is 4.90 Å². The van der Waals surface area contributed by atoms with Gasteiger partial charge in [-0.25, -0.2) is 8.78 Å². The van der Waals surface area contributed by atoms with Crippen molar-refractivity contribution in [3.8, 4) is 0 Å². The van der Waals surface area contributed by atoms with Crippen LogP contribution >= 0.6 is 0 Å². The van der Waals surface area contributed by atoms with Crippen LogP contribution in [0.3, 0.4) is 0 Å². The van der Waals surface area contributed by atoms with Crippen LogP contribution in [-0.2, 0) is 4.79 Å². The van der Waals surface area contributed by atoms with E-state index in [-0.39, 0.29) is 24.7 Å². The van der Waals surface area contributed by atoms with Crippen LogP contribution in [0.4, 0.5) is 8.78 Å². The first kappa shape index (κ1) is 15.3. The fourth-order valence-electron chi connectivity index (χ4n) is 2.45. The average Bonchev–Trinajstić information content (AvgIpc) is 2.66. The van der Waals surface area contributed by atoms with Crippen molar-refractivity contribution in [3.63, 3.8) is 0 Å². The van der Waals surface area contributed by atoms with Crippen molar-refractivity contribution in [2.75, 3.05) is 26.2 Å². The van der Waals surface area contributed by atoms with Gasteiger partial charge >= 0.3 is 0 Å². The van der Waals surface area contributed by atoms with Crippen molar-refractivity contribution in [3.05, 3.63) is 0 Å². The second-order valence-electron chi connectivity index (χ2n) is 4.98. The highest BCUT2D eigenvalue weighted by Gasteiger charge is 2.38. The van der Waals surface area contributed by atoms with Crippen LogP contribution in [0.25, 0.3) is 0 Å². The van der Waals surface area contributed by atoms with Crippen molar-refractivity contribution < 1.29 is 13.6 Å². The van der Waals surface area contributed by atoms with Gasteiger partial charge in [0, 0.05) is 38.9 Å². The van der Waals surface area contributed by atoms with E-state index < -0.39 is 5.92 Å². The zero-order valence-corrected chi connectivity index (χ0v) is 11.3. The first-order valence-electron chi connectivity index (χ1n) is 6.84. The standard InChI is InChI=1S/C13H24F2N2O/c1-3-17(4-2)12(18)6-8-16-10-11-5-7-13(14,15)9-11/h11,16H,3-10H2,1-2H3. The van der Waals surface area contributed by atoms with Gasteiger partial charge in [0.25, 0.3) is 0 Å². The molecule has 0 spiro atoms. The topological polar surface area (TPSA) is 32.3 Å². The van der Waals surface area contributed by atoms with E-state index >= 15 is 0 Å². The average molecular weight is 262 g/mol. The number of hydrogen-bond donors (Lipinski definition) is 1. The Hall–Kier alpha value is -0.710. The molecule has 1 amide bonds. The summed E-state index contributed by atoms with van der Waals surface area (Å²) >= 11 is 0. The molecule has 3 nitrogen and oxygen atoms in total. The van der Waals surface area contributed by atoms with E-state index in [0.717, 1.165) is 13.1 Å². The fraction of sp³-hybridized carbons (Fsp3) is 0.923. The molecule has 1 atom stereocenters. The number of alkyl halides is 2. The van der Waals surface area contributed by atoms with Crippen molar-refractivity contribution in [2.45, 2.75) is 45.5 Å². The summed E-state index contributed by atoms with van der Waals surface area (Å²) in [5.41, 5.74) is 0. The van der Waals surface area contributed by atoms with Crippen LogP contribution in [0.1, 0.15) is 39.5 Å². The van der Waals surface area contributed by atoms with E-state index in [9.17, 15) is 13.6 Å². The van der Waals surface area contributed by atoms with E-state index in [4.69, 9.17) is 0 Å². The molecule has 1 aliphatic carbocycles. The van der Waals surface area contributed by atoms with Gasteiger partial charge in [0.05, 0.1) is 0 Å². The van der Waals surface area contributed by atoms with E-state index in [1.807, 2.05) is 13.8 Å². The van der Waals surface area contributed by atoms with Gasteiger partial charge in [-0.2, -0.15) is 0 Å². The summed E-state index contributed by atoms with van der Waals surface area (Å²) in [4.78, 5) is 13.5. The van der Waals surface area contributed by atoms with Crippen molar-refractivity contribution in [1.29, 1.82) is 0 Å². The number of halogens is 2. The molecule has 106 valence electrons. The maximum absolute atomic E-state index is 12.9. The summed E-state index contributed by atoms with van der Waals surface area (Å²) < 4.78 is 25.9. The van der Waals surface area contributed by atoms with Gasteiger partial charge in [-0.05, 0) is 32.7 Å². The zero-order chi connectivity index (χ0) is 13.6. The normalized spacial score (nSPS) is 22.1. The van der Waals surface area contributed by atoms with Crippen molar-refractivity contribution in [1.82, 2.24) is 10.2 Å². The van der Waals surface area contributed by atoms with Crippen LogP contribution in [-0.4, -0.2) is 42.9 Å². The highest BCUT2D eigenvalue weighted by Crippen LogP contribution is 2.38. The lowest BCUT2D eigenvalue weighted by Crippen LogP contribution is -2.33. The minimum atomic E-state index is -2.47. The molecule has 1 N–H and O–H groups in total. The third-order valence-corrected chi connectivity index (χ3v) is 3.57. The number of rotatable bonds is 7. The molecule has 0 aromatic carbocycles. The SMILES string of the molecule is CCN(CC)C(=O)CCNCC1CCC(F)(F)C1. The summed E-state index contributed by atoms with van der Waals surface area (Å²) in [7, 11) is 0. The number of amides is 1. The van der Waals surface area contributed by atoms with Gasteiger partial charge in [-0.1, -0.05) is 0 Å². The van der Waals surface area contributed by atoms with E-state index in [1.165, 1.54) is 0 Å². The molecular formula is C13H24F2N2O. The quantitative estimate of drug-likeness (QED) is 0.714. The van der Waals surface area contributed by atoms with Gasteiger partial charge in [-0.15, -0.1) is 0 Å². The first-order chi connectivity index (χ1) is 8.48. The molecule has 1 saturated carbocycles. The van der Waals surface area contributed by atoms with Crippen LogP contribution in [0.2, 0.25) is 0 Å². The summed E-state index contributed by atoms with van der Waals surface area (Å²) in [6, 6.07) is 0. The Morgan fingerprint density at radius 3 is 2.56 bits per heavy atom. The Bertz CT molecular complexity index is 268. The molecule has 0 bridgehead atoms. The van der Waals surface area contributed by atoms with Crippen LogP contribution in [0, 0.1) is 5.92 Å². The van der Waals surface area contributed by atoms with Gasteiger partial charge in [0.15, 0.2) is 0 Å². The minimum Gasteiger partial charge on any atom is -0.343 e. The molecule has 0 saturated heterocycles. The van der Waals surface area contributed by atoms with E-state index in [2.05, 4.69) is 5.32 Å². The van der Waals surface area contributed by atoms with Crippen LogP contribution in [0.5, 0.6) is 0 Å². The first-order valence-corrected chi connectivity index (χ1v) is 6.84. The van der Waals surface area contributed by atoms with Crippen molar-refractivity contribution >= 4 is 5.91 Å². The summed E-state index contributed by atoms with van der Waals surface area (Å²) in [6.07, 6.45) is 1.04. The molecule has 1 unspecified atom stereocenters. The highest BCUT2D eigenvalue weighted by molar-refractivity contribution is 5.76. The maximum atomic E-state index is 12.9. The number of nitrogens with one attached hydrogen (secondary N) is 1. The van der Waals surface area contributed by atoms with E-state index in [0.29, 0.717) is 25.9 Å². The Morgan fingerprint density at radius 1 is 1.39 bits per heavy atom. The third kappa shape index (κ3) is 4.88. The Labute approximate surface area is 108 Å². The molecule has 1 rings (SSSR count). The number of nitrogens with zero attached hydrogens (tertiary/aromatic N) is 1. The molecule has 0 heterocycles. The highest BCUT2D eigenvalue weighted by atomic mass is 19.3. The monoisotopic (exact) mass is 262 g/mol. The maximum Gasteiger partial charge on any atom is 0.248 e. The lowest BCUT2D eigenvalue weighted by Gasteiger charge is -2.19. The van der Waals surface area contributed by atoms with Gasteiger partial charge in [0.1, 0.15) is 0 Å². The number of hydrogen-bond acceptors (Lipinski definition) is 2. The predicted octanol–water partition coefficient (Wildman–Crippen LogP) is 2.27. The molecule has 5 heteroatoms. The number of carbonyl (C=O) groups excluding carboxylic acids is 1. The van der Waals surface area contributed by atoms with Gasteiger partial charge in [-0.3, -0.25) is 4.79 Å². The molecule has 1 fully saturated rings. The zero-order valence-electron chi connectivity index (χ0n) is 11.3. The largest absolute Gasteiger partial charge is 0.343 e. The van der Waals surface area contributed by atoms with Crippen molar-refractivity contribution in [2.24, 2.45) is 5.92 Å². The summed E-state index contributed by atoms with van der Waals surface area (Å²) in [5.74, 6) is -2.28. The smallest absolute Gasteiger partial charge is 0.248 e. The molecule has 1 aliphatic rings. The summed E-state index contributed by atoms with van der Waals surface area (Å²) in [5, 5.41) is 3.12. The third-order valence-electron chi connectivity index (χ3n) is 3.57. The lowest BCUT2D eigenvalue weighted by atomic mass is 10.1. The molecule has 0 radical (unpaired) electrons. The van der Waals surface area contributed by atoms with Gasteiger partial charge < -0.3 is 10.2 Å². The Kier molecular flexibility index (Phi) is 5.99. The lowest BCUT2D eigenvalue weighted by molar-refractivity contribution is -0.130. The van der Waals surface area contributed by atoms with Gasteiger partial charge in [0.2, 0.25) is 11.8 Å². The van der Waals surface area contributed by atoms with Crippen LogP contribution < -0.4 is 5.32 Å². The molecule has 0 aromatic rings. The predicted molar refractivity (Wildman–Crippen MR) is 67.7 cm³/mol. The fourth-order valence-corrected chi connectivity index (χ4v) is 2.45. The minimum absolute atomic E-state index is 0.00993. The Balaban J connectivity index is 2.10. The molecular weight excluding hydrogens is 238 g/mol. The second kappa shape index (κ2) is 7.02. The molecule has 0 aliphatic heterocycles. The number of carbonyl (C=O) groups is 1. The molecule has 0 aromatic heterocycles. The van der Waals surface area contributed by atoms with Crippen LogP contribution in [0.15, 0.2) is 0 Å². The summed E-state index contributed by atoms with van der Waals surface area (Å²) in [6.45, 7) is 6.54. The Morgan fingerprint density at radius 2 is 2.06 bits per heavy atom. The second-order valence-corrected chi connectivity index (χ2v) is 4.98.